The van der Waals surface area contributed by atoms with Crippen molar-refractivity contribution in [2.45, 2.75) is 13.8 Å². The van der Waals surface area contributed by atoms with Gasteiger partial charge in [-0.1, -0.05) is 34.5 Å². The lowest BCUT2D eigenvalue weighted by atomic mass is 10.0. The molecule has 0 atom stereocenters. The number of rotatable bonds is 3. The monoisotopic (exact) mass is 329 g/mol. The van der Waals surface area contributed by atoms with E-state index in [0.29, 0.717) is 21.1 Å². The Hall–Kier alpha value is -1.30. The smallest absolute Gasteiger partial charge is 0.281 e. The molecule has 0 spiro atoms. The van der Waals surface area contributed by atoms with Crippen LogP contribution >= 0.6 is 34.5 Å². The highest BCUT2D eigenvalue weighted by molar-refractivity contribution is 7.18. The minimum Gasteiger partial charge on any atom is -0.431 e. The predicted octanol–water partition coefficient (Wildman–Crippen LogP) is 4.19. The van der Waals surface area contributed by atoms with E-state index in [4.69, 9.17) is 33.7 Å². The van der Waals surface area contributed by atoms with Crippen LogP contribution in [0.25, 0.3) is 0 Å². The predicted molar refractivity (Wildman–Crippen MR) is 84.8 cm³/mol. The van der Waals surface area contributed by atoms with E-state index in [1.807, 2.05) is 26.0 Å². The zero-order chi connectivity index (χ0) is 14.9. The number of benzene rings is 1. The van der Waals surface area contributed by atoms with Gasteiger partial charge in [-0.25, -0.2) is 0 Å². The van der Waals surface area contributed by atoms with Gasteiger partial charge in [0.1, 0.15) is 15.9 Å². The van der Waals surface area contributed by atoms with Crippen molar-refractivity contribution >= 4 is 40.4 Å². The molecule has 0 aliphatic carbocycles. The van der Waals surface area contributed by atoms with Gasteiger partial charge in [0.25, 0.3) is 5.19 Å². The molecule has 2 aromatic rings. The van der Waals surface area contributed by atoms with E-state index >= 15 is 0 Å². The third-order valence-corrected chi connectivity index (χ3v) is 4.38. The lowest BCUT2D eigenvalue weighted by molar-refractivity contribution is 0.475. The fraction of sp³-hybridized carbons (Fsp3) is 0.231. The van der Waals surface area contributed by atoms with Gasteiger partial charge in [-0.3, -0.25) is 4.99 Å². The highest BCUT2D eigenvalue weighted by Crippen LogP contribution is 2.36. The minimum atomic E-state index is 0.250. The third-order valence-electron chi connectivity index (χ3n) is 2.76. The maximum atomic E-state index is 5.86. The fourth-order valence-corrected chi connectivity index (χ4v) is 2.73. The van der Waals surface area contributed by atoms with Crippen LogP contribution in [0, 0.1) is 13.8 Å². The fourth-order valence-electron chi connectivity index (χ4n) is 1.70. The number of aromatic nitrogens is 1. The van der Waals surface area contributed by atoms with Crippen molar-refractivity contribution in [1.82, 2.24) is 4.98 Å². The normalized spacial score (nSPS) is 11.8. The Bertz CT molecular complexity index is 663. The quantitative estimate of drug-likeness (QED) is 0.678. The summed E-state index contributed by atoms with van der Waals surface area (Å²) in [6.45, 7) is 3.87. The first-order valence-corrected chi connectivity index (χ1v) is 7.33. The molecule has 0 saturated carbocycles. The number of aryl methyl sites for hydroxylation is 2. The van der Waals surface area contributed by atoms with Crippen LogP contribution in [0.2, 0.25) is 9.49 Å². The number of halogens is 2. The Labute approximate surface area is 131 Å². The van der Waals surface area contributed by atoms with Crippen LogP contribution in [0.1, 0.15) is 16.7 Å². The van der Waals surface area contributed by atoms with Crippen molar-refractivity contribution in [1.29, 1.82) is 0 Å². The van der Waals surface area contributed by atoms with E-state index < -0.39 is 0 Å². The summed E-state index contributed by atoms with van der Waals surface area (Å²) in [5.74, 6) is 1.19. The number of nitrogens with two attached hydrogens (primary N) is 1. The molecule has 0 aliphatic rings. The molecular weight excluding hydrogens is 317 g/mol. The summed E-state index contributed by atoms with van der Waals surface area (Å²) in [5, 5.41) is 0.660. The summed E-state index contributed by atoms with van der Waals surface area (Å²) in [5.41, 5.74) is 8.65. The molecule has 0 aliphatic heterocycles. The zero-order valence-electron chi connectivity index (χ0n) is 11.2. The molecule has 0 unspecified atom stereocenters. The van der Waals surface area contributed by atoms with Gasteiger partial charge in [-0.05, 0) is 37.1 Å². The lowest BCUT2D eigenvalue weighted by Crippen LogP contribution is -2.14. The number of thiazole rings is 1. The van der Waals surface area contributed by atoms with E-state index in [0.717, 1.165) is 16.7 Å². The van der Waals surface area contributed by atoms with E-state index in [2.05, 4.69) is 9.98 Å². The number of ether oxygens (including phenoxy) is 1. The van der Waals surface area contributed by atoms with E-state index in [-0.39, 0.29) is 5.15 Å². The lowest BCUT2D eigenvalue weighted by Gasteiger charge is -2.11. The van der Waals surface area contributed by atoms with Crippen molar-refractivity contribution in [3.8, 4) is 10.9 Å². The van der Waals surface area contributed by atoms with Crippen LogP contribution < -0.4 is 10.5 Å². The topological polar surface area (TPSA) is 60.5 Å². The summed E-state index contributed by atoms with van der Waals surface area (Å²) in [6, 6.07) is 3.83. The first-order chi connectivity index (χ1) is 9.42. The molecule has 0 radical (unpaired) electrons. The van der Waals surface area contributed by atoms with E-state index in [1.165, 1.54) is 11.3 Å². The first-order valence-electron chi connectivity index (χ1n) is 5.76. The third kappa shape index (κ3) is 3.06. The zero-order valence-corrected chi connectivity index (χ0v) is 13.5. The largest absolute Gasteiger partial charge is 0.431 e. The SMILES string of the molecule is CN=C(N)c1cc(C)c(Oc2nc(Cl)c(Cl)s2)cc1C. The second-order valence-electron chi connectivity index (χ2n) is 4.19. The maximum Gasteiger partial charge on any atom is 0.281 e. The molecule has 0 amide bonds. The Morgan fingerprint density at radius 1 is 1.30 bits per heavy atom. The Morgan fingerprint density at radius 3 is 2.55 bits per heavy atom. The van der Waals surface area contributed by atoms with Gasteiger partial charge >= 0.3 is 0 Å². The summed E-state index contributed by atoms with van der Waals surface area (Å²) < 4.78 is 6.13. The van der Waals surface area contributed by atoms with E-state index in [1.54, 1.807) is 7.05 Å². The van der Waals surface area contributed by atoms with Crippen molar-refractivity contribution in [3.05, 3.63) is 38.3 Å². The standard InChI is InChI=1S/C13H13Cl2N3OS/c1-6-5-9(7(2)4-8(6)12(16)17-3)19-13-18-10(14)11(15)20-13/h4-5H,1-3H3,(H2,16,17). The van der Waals surface area contributed by atoms with Crippen LogP contribution in [0.15, 0.2) is 17.1 Å². The molecule has 0 bridgehead atoms. The Kier molecular flexibility index (Phi) is 4.52. The number of hydrogen-bond donors (Lipinski definition) is 1. The summed E-state index contributed by atoms with van der Waals surface area (Å²) in [6.07, 6.45) is 0. The molecule has 1 aromatic heterocycles. The number of amidine groups is 1. The molecule has 4 nitrogen and oxygen atoms in total. The van der Waals surface area contributed by atoms with Crippen molar-refractivity contribution in [3.63, 3.8) is 0 Å². The molecule has 20 heavy (non-hydrogen) atoms. The first kappa shape index (κ1) is 15.1. The van der Waals surface area contributed by atoms with Crippen LogP contribution in [-0.2, 0) is 0 Å². The second-order valence-corrected chi connectivity index (χ2v) is 6.11. The second kappa shape index (κ2) is 5.99. The van der Waals surface area contributed by atoms with Gasteiger partial charge in [-0.2, -0.15) is 4.98 Å². The molecule has 106 valence electrons. The van der Waals surface area contributed by atoms with Gasteiger partial charge in [0.15, 0.2) is 5.15 Å². The number of nitrogens with zero attached hydrogens (tertiary/aromatic N) is 2. The maximum absolute atomic E-state index is 5.86. The Morgan fingerprint density at radius 2 is 2.00 bits per heavy atom. The molecule has 7 heteroatoms. The molecule has 0 fully saturated rings. The van der Waals surface area contributed by atoms with Crippen LogP contribution in [0.5, 0.6) is 10.9 Å². The number of aliphatic imine (C=N–C) groups is 1. The van der Waals surface area contributed by atoms with Crippen molar-refractivity contribution in [2.24, 2.45) is 10.7 Å². The van der Waals surface area contributed by atoms with Crippen molar-refractivity contribution in [2.75, 3.05) is 7.05 Å². The molecule has 1 aromatic carbocycles. The molecule has 2 rings (SSSR count). The van der Waals surface area contributed by atoms with Gasteiger partial charge in [0.2, 0.25) is 0 Å². The summed E-state index contributed by atoms with van der Waals surface area (Å²) >= 11 is 12.9. The van der Waals surface area contributed by atoms with Crippen LogP contribution in [0.3, 0.4) is 0 Å². The molecular formula is C13H13Cl2N3OS. The Balaban J connectivity index is 2.36. The van der Waals surface area contributed by atoms with E-state index in [9.17, 15) is 0 Å². The number of hydrogen-bond acceptors (Lipinski definition) is 4. The molecule has 0 saturated heterocycles. The van der Waals surface area contributed by atoms with Gasteiger partial charge in [-0.15, -0.1) is 0 Å². The van der Waals surface area contributed by atoms with Crippen LogP contribution in [0.4, 0.5) is 0 Å². The minimum absolute atomic E-state index is 0.250. The molecule has 2 N–H and O–H groups in total. The average Bonchev–Trinajstić information content (AvgIpc) is 2.71. The van der Waals surface area contributed by atoms with Gasteiger partial charge in [0, 0.05) is 12.6 Å². The van der Waals surface area contributed by atoms with Crippen LogP contribution in [-0.4, -0.2) is 17.9 Å². The average molecular weight is 330 g/mol. The summed E-state index contributed by atoms with van der Waals surface area (Å²) in [4.78, 5) is 8.03. The van der Waals surface area contributed by atoms with Gasteiger partial charge in [0.05, 0.1) is 0 Å². The highest BCUT2D eigenvalue weighted by atomic mass is 35.5. The van der Waals surface area contributed by atoms with Gasteiger partial charge < -0.3 is 10.5 Å². The highest BCUT2D eigenvalue weighted by Gasteiger charge is 2.13. The molecule has 1 heterocycles. The van der Waals surface area contributed by atoms with Crippen molar-refractivity contribution < 1.29 is 4.74 Å². The summed E-state index contributed by atoms with van der Waals surface area (Å²) in [7, 11) is 1.66.